The molecule has 6 nitrogen and oxygen atoms in total. The summed E-state index contributed by atoms with van der Waals surface area (Å²) in [5, 5.41) is 14.6. The fourth-order valence-corrected chi connectivity index (χ4v) is 2.68. The minimum Gasteiger partial charge on any atom is -0.481 e. The van der Waals surface area contributed by atoms with Crippen molar-refractivity contribution in [3.8, 4) is 0 Å². The number of carbonyl (C=O) groups is 2. The van der Waals surface area contributed by atoms with E-state index >= 15 is 0 Å². The highest BCUT2D eigenvalue weighted by molar-refractivity contribution is 5.75. The van der Waals surface area contributed by atoms with E-state index in [-0.39, 0.29) is 12.6 Å². The van der Waals surface area contributed by atoms with Crippen LogP contribution in [0.5, 0.6) is 0 Å². The summed E-state index contributed by atoms with van der Waals surface area (Å²) in [5.41, 5.74) is 0. The van der Waals surface area contributed by atoms with Gasteiger partial charge in [-0.2, -0.15) is 0 Å². The third-order valence-corrected chi connectivity index (χ3v) is 4.20. The number of nitrogens with zero attached hydrogens (tertiary/aromatic N) is 1. The second-order valence-electron chi connectivity index (χ2n) is 5.79. The van der Waals surface area contributed by atoms with Crippen LogP contribution in [0.2, 0.25) is 0 Å². The fraction of sp³-hybridized carbons (Fsp3) is 0.867. The van der Waals surface area contributed by atoms with Crippen molar-refractivity contribution in [2.75, 3.05) is 32.7 Å². The van der Waals surface area contributed by atoms with Gasteiger partial charge in [0.15, 0.2) is 0 Å². The first-order chi connectivity index (χ1) is 10.1. The van der Waals surface area contributed by atoms with Gasteiger partial charge in [-0.15, -0.1) is 0 Å². The summed E-state index contributed by atoms with van der Waals surface area (Å²) in [6.07, 6.45) is 3.62. The molecular weight excluding hydrogens is 270 g/mol. The van der Waals surface area contributed by atoms with Crippen molar-refractivity contribution >= 4 is 12.0 Å². The molecule has 1 unspecified atom stereocenters. The van der Waals surface area contributed by atoms with E-state index in [0.29, 0.717) is 18.9 Å². The molecule has 1 rings (SSSR count). The molecule has 1 atom stereocenters. The second-order valence-corrected chi connectivity index (χ2v) is 5.79. The monoisotopic (exact) mass is 299 g/mol. The molecular formula is C15H29N3O3. The van der Waals surface area contributed by atoms with Gasteiger partial charge in [-0.05, 0) is 44.8 Å². The number of likely N-dealkylation sites (tertiary alicyclic amines) is 1. The number of nitrogens with one attached hydrogen (secondary N) is 2. The van der Waals surface area contributed by atoms with Gasteiger partial charge in [-0.3, -0.25) is 4.79 Å². The Kier molecular flexibility index (Phi) is 8.12. The van der Waals surface area contributed by atoms with E-state index in [9.17, 15) is 9.59 Å². The Bertz CT molecular complexity index is 328. The molecule has 6 heteroatoms. The maximum absolute atomic E-state index is 11.7. The van der Waals surface area contributed by atoms with Crippen LogP contribution in [-0.2, 0) is 4.79 Å². The summed E-state index contributed by atoms with van der Waals surface area (Å²) in [7, 11) is 0. The molecule has 2 amide bonds. The number of aliphatic carboxylic acids is 1. The molecule has 1 aliphatic rings. The van der Waals surface area contributed by atoms with E-state index in [2.05, 4.69) is 22.5 Å². The zero-order chi connectivity index (χ0) is 15.7. The predicted octanol–water partition coefficient (Wildman–Crippen LogP) is 1.52. The van der Waals surface area contributed by atoms with Gasteiger partial charge < -0.3 is 20.6 Å². The highest BCUT2D eigenvalue weighted by Gasteiger charge is 2.20. The Morgan fingerprint density at radius 3 is 2.43 bits per heavy atom. The van der Waals surface area contributed by atoms with Crippen LogP contribution in [0, 0.1) is 11.8 Å². The predicted molar refractivity (Wildman–Crippen MR) is 82.3 cm³/mol. The number of hydrogen-bond donors (Lipinski definition) is 3. The SMILES string of the molecule is CCCC(CNC(=O)NCC1CCN(CC)CC1)C(=O)O. The Morgan fingerprint density at radius 2 is 1.90 bits per heavy atom. The van der Waals surface area contributed by atoms with Gasteiger partial charge in [0, 0.05) is 13.1 Å². The molecule has 1 heterocycles. The normalized spacial score (nSPS) is 18.2. The van der Waals surface area contributed by atoms with Crippen LogP contribution in [0.25, 0.3) is 0 Å². The molecule has 1 saturated heterocycles. The minimum absolute atomic E-state index is 0.198. The Balaban J connectivity index is 2.17. The third kappa shape index (κ3) is 6.80. The summed E-state index contributed by atoms with van der Waals surface area (Å²) >= 11 is 0. The number of carboxylic acids is 1. The van der Waals surface area contributed by atoms with E-state index in [1.54, 1.807) is 0 Å². The van der Waals surface area contributed by atoms with Crippen LogP contribution < -0.4 is 10.6 Å². The lowest BCUT2D eigenvalue weighted by Crippen LogP contribution is -2.43. The summed E-state index contributed by atoms with van der Waals surface area (Å²) in [6.45, 7) is 8.27. The van der Waals surface area contributed by atoms with Crippen LogP contribution in [-0.4, -0.2) is 54.7 Å². The lowest BCUT2D eigenvalue weighted by molar-refractivity contribution is -0.141. The first-order valence-corrected chi connectivity index (χ1v) is 8.03. The zero-order valence-corrected chi connectivity index (χ0v) is 13.2. The summed E-state index contributed by atoms with van der Waals surface area (Å²) < 4.78 is 0. The van der Waals surface area contributed by atoms with Crippen molar-refractivity contribution in [1.82, 2.24) is 15.5 Å². The van der Waals surface area contributed by atoms with Crippen LogP contribution in [0.4, 0.5) is 4.79 Å². The smallest absolute Gasteiger partial charge is 0.314 e. The van der Waals surface area contributed by atoms with E-state index < -0.39 is 11.9 Å². The number of carbonyl (C=O) groups excluding carboxylic acids is 1. The van der Waals surface area contributed by atoms with E-state index in [0.717, 1.165) is 38.9 Å². The lowest BCUT2D eigenvalue weighted by Gasteiger charge is -2.31. The highest BCUT2D eigenvalue weighted by Crippen LogP contribution is 2.15. The molecule has 122 valence electrons. The topological polar surface area (TPSA) is 81.7 Å². The minimum atomic E-state index is -0.843. The number of carboxylic acid groups (broad SMARTS) is 1. The summed E-state index contributed by atoms with van der Waals surface area (Å²) in [4.78, 5) is 25.1. The molecule has 21 heavy (non-hydrogen) atoms. The first-order valence-electron chi connectivity index (χ1n) is 8.03. The number of hydrogen-bond acceptors (Lipinski definition) is 3. The van der Waals surface area contributed by atoms with Gasteiger partial charge in [0.2, 0.25) is 0 Å². The summed E-state index contributed by atoms with van der Waals surface area (Å²) in [6, 6.07) is -0.254. The zero-order valence-electron chi connectivity index (χ0n) is 13.2. The number of rotatable bonds is 8. The van der Waals surface area contributed by atoms with Crippen LogP contribution in [0.3, 0.4) is 0 Å². The molecule has 0 aliphatic carbocycles. The Hall–Kier alpha value is -1.30. The van der Waals surface area contributed by atoms with E-state index in [1.165, 1.54) is 0 Å². The van der Waals surface area contributed by atoms with Gasteiger partial charge in [-0.25, -0.2) is 4.79 Å². The average Bonchev–Trinajstić information content (AvgIpc) is 2.49. The highest BCUT2D eigenvalue weighted by atomic mass is 16.4. The standard InChI is InChI=1S/C15H29N3O3/c1-3-5-13(14(19)20)11-17-15(21)16-10-12-6-8-18(4-2)9-7-12/h12-13H,3-11H2,1-2H3,(H,19,20)(H2,16,17,21). The van der Waals surface area contributed by atoms with Gasteiger partial charge >= 0.3 is 12.0 Å². The molecule has 3 N–H and O–H groups in total. The van der Waals surface area contributed by atoms with Crippen molar-refractivity contribution in [1.29, 1.82) is 0 Å². The molecule has 0 radical (unpaired) electrons. The number of piperidine rings is 1. The van der Waals surface area contributed by atoms with Crippen molar-refractivity contribution in [3.05, 3.63) is 0 Å². The van der Waals surface area contributed by atoms with Crippen molar-refractivity contribution in [2.24, 2.45) is 11.8 Å². The van der Waals surface area contributed by atoms with Crippen molar-refractivity contribution in [3.63, 3.8) is 0 Å². The second kappa shape index (κ2) is 9.60. The quantitative estimate of drug-likeness (QED) is 0.634. The molecule has 1 aliphatic heterocycles. The van der Waals surface area contributed by atoms with E-state index in [4.69, 9.17) is 5.11 Å². The van der Waals surface area contributed by atoms with Crippen LogP contribution in [0.1, 0.15) is 39.5 Å². The van der Waals surface area contributed by atoms with Crippen molar-refractivity contribution < 1.29 is 14.7 Å². The molecule has 1 fully saturated rings. The number of amides is 2. The van der Waals surface area contributed by atoms with Gasteiger partial charge in [0.25, 0.3) is 0 Å². The Morgan fingerprint density at radius 1 is 1.24 bits per heavy atom. The molecule has 0 aromatic heterocycles. The molecule has 0 bridgehead atoms. The molecule has 0 aromatic rings. The van der Waals surface area contributed by atoms with Gasteiger partial charge in [0.05, 0.1) is 5.92 Å². The molecule has 0 aromatic carbocycles. The maximum Gasteiger partial charge on any atom is 0.314 e. The largest absolute Gasteiger partial charge is 0.481 e. The van der Waals surface area contributed by atoms with Gasteiger partial charge in [0.1, 0.15) is 0 Å². The lowest BCUT2D eigenvalue weighted by atomic mass is 9.97. The number of urea groups is 1. The van der Waals surface area contributed by atoms with Crippen LogP contribution in [0.15, 0.2) is 0 Å². The summed E-state index contributed by atoms with van der Waals surface area (Å²) in [5.74, 6) is -0.804. The Labute approximate surface area is 127 Å². The fourth-order valence-electron chi connectivity index (χ4n) is 2.68. The van der Waals surface area contributed by atoms with Gasteiger partial charge in [-0.1, -0.05) is 20.3 Å². The van der Waals surface area contributed by atoms with Crippen LogP contribution >= 0.6 is 0 Å². The first kappa shape index (κ1) is 17.8. The molecule has 0 saturated carbocycles. The van der Waals surface area contributed by atoms with Crippen molar-refractivity contribution in [2.45, 2.75) is 39.5 Å². The van der Waals surface area contributed by atoms with E-state index in [1.807, 2.05) is 6.92 Å². The maximum atomic E-state index is 11.7. The molecule has 0 spiro atoms. The average molecular weight is 299 g/mol. The third-order valence-electron chi connectivity index (χ3n) is 4.20.